The highest BCUT2D eigenvalue weighted by atomic mass is 32.2. The molecular formula is C23H27N3OS. The molecule has 28 heavy (non-hydrogen) atoms. The van der Waals surface area contributed by atoms with Crippen molar-refractivity contribution >= 4 is 22.7 Å². The fourth-order valence-corrected chi connectivity index (χ4v) is 4.93. The van der Waals surface area contributed by atoms with Crippen LogP contribution in [0.4, 0.5) is 0 Å². The molecule has 1 atom stereocenters. The van der Waals surface area contributed by atoms with E-state index in [1.165, 1.54) is 37.7 Å². The van der Waals surface area contributed by atoms with Gasteiger partial charge in [0.05, 0.1) is 5.04 Å². The summed E-state index contributed by atoms with van der Waals surface area (Å²) in [5, 5.41) is 8.83. The zero-order valence-electron chi connectivity index (χ0n) is 16.1. The van der Waals surface area contributed by atoms with Crippen LogP contribution >= 0.6 is 11.8 Å². The second kappa shape index (κ2) is 8.93. The highest BCUT2D eigenvalue weighted by Gasteiger charge is 2.31. The molecule has 0 radical (unpaired) electrons. The number of hydrogen-bond acceptors (Lipinski definition) is 4. The SMILES string of the molecule is N=C(Sc1ccccc1)c1ccc(C(=O)N2CCCC2CN2CCCC2)cc1. The van der Waals surface area contributed by atoms with Crippen molar-refractivity contribution in [1.82, 2.24) is 9.80 Å². The molecule has 1 unspecified atom stereocenters. The number of likely N-dealkylation sites (tertiary alicyclic amines) is 2. The van der Waals surface area contributed by atoms with Gasteiger partial charge < -0.3 is 9.80 Å². The number of carbonyl (C=O) groups is 1. The number of nitrogens with zero attached hydrogens (tertiary/aromatic N) is 2. The highest BCUT2D eigenvalue weighted by Crippen LogP contribution is 2.25. The number of amides is 1. The van der Waals surface area contributed by atoms with Crippen LogP contribution in [-0.2, 0) is 0 Å². The molecule has 0 aromatic heterocycles. The second-order valence-corrected chi connectivity index (χ2v) is 8.71. The predicted molar refractivity (Wildman–Crippen MR) is 115 cm³/mol. The topological polar surface area (TPSA) is 47.4 Å². The fourth-order valence-electron chi connectivity index (χ4n) is 4.15. The Hall–Kier alpha value is -2.11. The van der Waals surface area contributed by atoms with E-state index >= 15 is 0 Å². The summed E-state index contributed by atoms with van der Waals surface area (Å²) in [6.45, 7) is 4.23. The Morgan fingerprint density at radius 1 is 0.929 bits per heavy atom. The first-order chi connectivity index (χ1) is 13.7. The molecule has 0 bridgehead atoms. The third kappa shape index (κ3) is 4.47. The molecule has 2 aromatic carbocycles. The third-order valence-electron chi connectivity index (χ3n) is 5.66. The van der Waals surface area contributed by atoms with Gasteiger partial charge in [0.2, 0.25) is 0 Å². The van der Waals surface area contributed by atoms with Crippen molar-refractivity contribution < 1.29 is 4.79 Å². The number of nitrogens with one attached hydrogen (secondary N) is 1. The van der Waals surface area contributed by atoms with Crippen molar-refractivity contribution in [3.63, 3.8) is 0 Å². The van der Waals surface area contributed by atoms with Crippen molar-refractivity contribution in [2.24, 2.45) is 0 Å². The lowest BCUT2D eigenvalue weighted by atomic mass is 10.1. The van der Waals surface area contributed by atoms with Gasteiger partial charge in [-0.05, 0) is 63.0 Å². The van der Waals surface area contributed by atoms with Crippen molar-refractivity contribution in [3.8, 4) is 0 Å². The maximum Gasteiger partial charge on any atom is 0.254 e. The first-order valence-electron chi connectivity index (χ1n) is 10.2. The number of hydrogen-bond donors (Lipinski definition) is 1. The van der Waals surface area contributed by atoms with Gasteiger partial charge in [0.15, 0.2) is 0 Å². The lowest BCUT2D eigenvalue weighted by molar-refractivity contribution is 0.0709. The first kappa shape index (κ1) is 19.2. The minimum absolute atomic E-state index is 0.135. The molecule has 0 aliphatic carbocycles. The van der Waals surface area contributed by atoms with Crippen molar-refractivity contribution in [1.29, 1.82) is 5.41 Å². The average Bonchev–Trinajstić information content (AvgIpc) is 3.41. The molecule has 0 saturated carbocycles. The van der Waals surface area contributed by atoms with Gasteiger partial charge in [-0.1, -0.05) is 42.1 Å². The standard InChI is InChI=1S/C23H27N3OS/c24-22(28-21-8-2-1-3-9-21)18-10-12-19(13-11-18)23(27)26-16-6-7-20(26)17-25-14-4-5-15-25/h1-3,8-13,20,24H,4-7,14-17H2. The van der Waals surface area contributed by atoms with E-state index in [1.807, 2.05) is 54.6 Å². The maximum atomic E-state index is 13.1. The molecule has 2 aromatic rings. The van der Waals surface area contributed by atoms with Crippen LogP contribution in [0.25, 0.3) is 0 Å². The van der Waals surface area contributed by atoms with Crippen LogP contribution in [0.5, 0.6) is 0 Å². The molecule has 2 heterocycles. The lowest BCUT2D eigenvalue weighted by Gasteiger charge is -2.28. The normalized spacial score (nSPS) is 19.9. The van der Waals surface area contributed by atoms with E-state index in [4.69, 9.17) is 5.41 Å². The number of benzene rings is 2. The van der Waals surface area contributed by atoms with Gasteiger partial charge in [0.25, 0.3) is 5.91 Å². The summed E-state index contributed by atoms with van der Waals surface area (Å²) in [5.41, 5.74) is 1.58. The molecule has 5 heteroatoms. The van der Waals surface area contributed by atoms with Crippen molar-refractivity contribution in [2.75, 3.05) is 26.2 Å². The third-order valence-corrected chi connectivity index (χ3v) is 6.61. The number of carbonyl (C=O) groups excluding carboxylic acids is 1. The van der Waals surface area contributed by atoms with Gasteiger partial charge in [0, 0.05) is 35.2 Å². The van der Waals surface area contributed by atoms with E-state index in [9.17, 15) is 4.79 Å². The van der Waals surface area contributed by atoms with Gasteiger partial charge in [-0.2, -0.15) is 0 Å². The van der Waals surface area contributed by atoms with E-state index in [0.29, 0.717) is 11.1 Å². The predicted octanol–water partition coefficient (Wildman–Crippen LogP) is 4.50. The van der Waals surface area contributed by atoms with Crippen molar-refractivity contribution in [3.05, 3.63) is 65.7 Å². The maximum absolute atomic E-state index is 13.1. The highest BCUT2D eigenvalue weighted by molar-refractivity contribution is 8.14. The molecule has 1 amide bonds. The Morgan fingerprint density at radius 3 is 2.32 bits per heavy atom. The van der Waals surface area contributed by atoms with Crippen LogP contribution in [0.2, 0.25) is 0 Å². The van der Waals surface area contributed by atoms with E-state index in [2.05, 4.69) is 9.80 Å². The molecular weight excluding hydrogens is 366 g/mol. The first-order valence-corrected chi connectivity index (χ1v) is 11.0. The van der Waals surface area contributed by atoms with E-state index in [-0.39, 0.29) is 5.91 Å². The smallest absolute Gasteiger partial charge is 0.254 e. The van der Waals surface area contributed by atoms with E-state index < -0.39 is 0 Å². The molecule has 2 saturated heterocycles. The molecule has 2 fully saturated rings. The van der Waals surface area contributed by atoms with Crippen molar-refractivity contribution in [2.45, 2.75) is 36.6 Å². The Labute approximate surface area is 171 Å². The minimum atomic E-state index is 0.135. The summed E-state index contributed by atoms with van der Waals surface area (Å²) >= 11 is 1.44. The van der Waals surface area contributed by atoms with Crippen LogP contribution in [0, 0.1) is 5.41 Å². The quantitative estimate of drug-likeness (QED) is 0.462. The molecule has 4 rings (SSSR count). The lowest BCUT2D eigenvalue weighted by Crippen LogP contribution is -2.42. The van der Waals surface area contributed by atoms with Crippen LogP contribution in [-0.4, -0.2) is 53.0 Å². The van der Waals surface area contributed by atoms with Crippen LogP contribution in [0.1, 0.15) is 41.6 Å². The Morgan fingerprint density at radius 2 is 1.61 bits per heavy atom. The molecule has 1 N–H and O–H groups in total. The summed E-state index contributed by atoms with van der Waals surface area (Å²) in [5.74, 6) is 0.135. The van der Waals surface area contributed by atoms with Gasteiger partial charge in [-0.25, -0.2) is 0 Å². The summed E-state index contributed by atoms with van der Waals surface area (Å²) < 4.78 is 0. The Balaban J connectivity index is 1.39. The molecule has 0 spiro atoms. The summed E-state index contributed by atoms with van der Waals surface area (Å²) in [6, 6.07) is 17.8. The number of rotatable bonds is 5. The van der Waals surface area contributed by atoms with E-state index in [0.717, 1.165) is 42.0 Å². The van der Waals surface area contributed by atoms with E-state index in [1.54, 1.807) is 0 Å². The Bertz CT molecular complexity index is 816. The molecule has 2 aliphatic rings. The summed E-state index contributed by atoms with van der Waals surface area (Å²) in [4.78, 5) is 18.7. The van der Waals surface area contributed by atoms with Gasteiger partial charge in [-0.15, -0.1) is 0 Å². The fraction of sp³-hybridized carbons (Fsp3) is 0.391. The average molecular weight is 394 g/mol. The summed E-state index contributed by atoms with van der Waals surface area (Å²) in [7, 11) is 0. The van der Waals surface area contributed by atoms with Gasteiger partial charge in [-0.3, -0.25) is 10.2 Å². The van der Waals surface area contributed by atoms with Crippen LogP contribution in [0.15, 0.2) is 59.5 Å². The van der Waals surface area contributed by atoms with Crippen LogP contribution in [0.3, 0.4) is 0 Å². The summed E-state index contributed by atoms with van der Waals surface area (Å²) in [6.07, 6.45) is 4.78. The second-order valence-electron chi connectivity index (χ2n) is 7.62. The van der Waals surface area contributed by atoms with Gasteiger partial charge in [0.1, 0.15) is 0 Å². The minimum Gasteiger partial charge on any atom is -0.334 e. The monoisotopic (exact) mass is 393 g/mol. The number of thioether (sulfide) groups is 1. The molecule has 146 valence electrons. The zero-order chi connectivity index (χ0) is 19.3. The zero-order valence-corrected chi connectivity index (χ0v) is 17.0. The Kier molecular flexibility index (Phi) is 6.13. The molecule has 2 aliphatic heterocycles. The van der Waals surface area contributed by atoms with Crippen LogP contribution < -0.4 is 0 Å². The van der Waals surface area contributed by atoms with Gasteiger partial charge >= 0.3 is 0 Å². The molecule has 4 nitrogen and oxygen atoms in total. The largest absolute Gasteiger partial charge is 0.334 e.